The molecule has 1 aliphatic heterocycles. The third-order valence-corrected chi connectivity index (χ3v) is 14.6. The zero-order chi connectivity index (χ0) is 31.3. The Bertz CT molecular complexity index is 1150. The summed E-state index contributed by atoms with van der Waals surface area (Å²) in [5.41, 5.74) is -2.26. The van der Waals surface area contributed by atoms with Crippen molar-refractivity contribution in [2.45, 2.75) is 130 Å². The Hall–Kier alpha value is -1.30. The molecule has 41 heavy (non-hydrogen) atoms. The maximum absolute atomic E-state index is 13.3. The average Bonchev–Trinajstić information content (AvgIpc) is 3.09. The normalized spacial score (nSPS) is 28.8. The van der Waals surface area contributed by atoms with Gasteiger partial charge in [0.1, 0.15) is 0 Å². The average molecular weight is 597 g/mol. The highest BCUT2D eigenvalue weighted by atomic mass is 28.4. The van der Waals surface area contributed by atoms with Crippen LogP contribution in [0.25, 0.3) is 0 Å². The van der Waals surface area contributed by atoms with Crippen LogP contribution >= 0.6 is 0 Å². The van der Waals surface area contributed by atoms with Gasteiger partial charge in [-0.2, -0.15) is 0 Å². The highest BCUT2D eigenvalue weighted by molar-refractivity contribution is 6.74. The van der Waals surface area contributed by atoms with Crippen molar-refractivity contribution in [1.82, 2.24) is 9.55 Å². The second-order valence-electron chi connectivity index (χ2n) is 15.1. The van der Waals surface area contributed by atoms with Gasteiger partial charge in [0.05, 0.1) is 31.0 Å². The molecule has 2 aliphatic rings. The van der Waals surface area contributed by atoms with Gasteiger partial charge in [0.25, 0.3) is 5.56 Å². The highest BCUT2D eigenvalue weighted by Gasteiger charge is 2.64. The number of ether oxygens (including phenoxy) is 3. The number of hydrogen-bond donors (Lipinski definition) is 2. The van der Waals surface area contributed by atoms with Crippen molar-refractivity contribution < 1.29 is 23.7 Å². The molecular weight excluding hydrogens is 540 g/mol. The van der Waals surface area contributed by atoms with Crippen LogP contribution in [0, 0.1) is 29.6 Å². The first-order valence-corrected chi connectivity index (χ1v) is 18.2. The Morgan fingerprint density at radius 3 is 2.00 bits per heavy atom. The summed E-state index contributed by atoms with van der Waals surface area (Å²) in [6.45, 7) is 27.6. The van der Waals surface area contributed by atoms with Gasteiger partial charge in [-0.3, -0.25) is 14.3 Å². The van der Waals surface area contributed by atoms with Crippen LogP contribution in [-0.2, 0) is 24.2 Å². The third kappa shape index (κ3) is 5.81. The summed E-state index contributed by atoms with van der Waals surface area (Å²) in [6, 6.07) is 1.32. The quantitative estimate of drug-likeness (QED) is 0.403. The van der Waals surface area contributed by atoms with E-state index in [9.17, 15) is 14.7 Å². The molecule has 0 spiro atoms. The van der Waals surface area contributed by atoms with Gasteiger partial charge in [-0.05, 0) is 24.6 Å². The van der Waals surface area contributed by atoms with Crippen molar-refractivity contribution >= 4 is 8.32 Å². The van der Waals surface area contributed by atoms with Gasteiger partial charge in [-0.15, -0.1) is 0 Å². The van der Waals surface area contributed by atoms with E-state index < -0.39 is 48.9 Å². The molecule has 1 aromatic heterocycles. The second kappa shape index (κ2) is 11.7. The summed E-state index contributed by atoms with van der Waals surface area (Å²) in [5.74, 6) is -2.18. The number of H-pyrrole nitrogens is 1. The fourth-order valence-electron chi connectivity index (χ4n) is 6.62. The van der Waals surface area contributed by atoms with Crippen molar-refractivity contribution in [3.05, 3.63) is 33.1 Å². The SMILES string of the molecule is CC(C)C1(C(C)C)OC[C@H]2C[C@@](CO)(n3ccc(=O)[nH]c3=O)[C@H](O[Si](C)(C)C(C)(C)C)[C@@H]2OC(C(C)C)(C(C)C)O1. The molecule has 2 heterocycles. The molecule has 1 saturated carbocycles. The van der Waals surface area contributed by atoms with Crippen LogP contribution in [0.5, 0.6) is 0 Å². The first-order valence-electron chi connectivity index (χ1n) is 15.3. The van der Waals surface area contributed by atoms with E-state index in [0.717, 1.165) is 0 Å². The van der Waals surface area contributed by atoms with E-state index in [4.69, 9.17) is 18.6 Å². The predicted molar refractivity (Wildman–Crippen MR) is 163 cm³/mol. The molecule has 10 heteroatoms. The molecule has 2 N–H and O–H groups in total. The number of rotatable bonds is 8. The van der Waals surface area contributed by atoms with Crippen LogP contribution in [0.4, 0.5) is 0 Å². The summed E-state index contributed by atoms with van der Waals surface area (Å²) in [5, 5.41) is 11.1. The number of aliphatic hydroxyl groups excluding tert-OH is 1. The maximum Gasteiger partial charge on any atom is 0.329 e. The van der Waals surface area contributed by atoms with Gasteiger partial charge >= 0.3 is 5.69 Å². The van der Waals surface area contributed by atoms with Gasteiger partial charge in [-0.25, -0.2) is 4.79 Å². The Morgan fingerprint density at radius 2 is 1.56 bits per heavy atom. The van der Waals surface area contributed by atoms with E-state index in [-0.39, 0.29) is 41.2 Å². The fourth-order valence-corrected chi connectivity index (χ4v) is 7.96. The Kier molecular flexibility index (Phi) is 9.72. The molecule has 0 bridgehead atoms. The van der Waals surface area contributed by atoms with Gasteiger partial charge in [-0.1, -0.05) is 76.2 Å². The van der Waals surface area contributed by atoms with Crippen molar-refractivity contribution in [1.29, 1.82) is 0 Å². The minimum Gasteiger partial charge on any atom is -0.409 e. The van der Waals surface area contributed by atoms with Crippen LogP contribution in [0.1, 0.15) is 82.6 Å². The zero-order valence-corrected chi connectivity index (χ0v) is 28.7. The predicted octanol–water partition coefficient (Wildman–Crippen LogP) is 5.08. The molecule has 236 valence electrons. The van der Waals surface area contributed by atoms with E-state index in [2.05, 4.69) is 94.2 Å². The number of nitrogens with zero attached hydrogens (tertiary/aromatic N) is 1. The smallest absolute Gasteiger partial charge is 0.329 e. The van der Waals surface area contributed by atoms with Crippen LogP contribution in [-0.4, -0.2) is 60.0 Å². The lowest BCUT2D eigenvalue weighted by Gasteiger charge is -2.55. The van der Waals surface area contributed by atoms with Gasteiger partial charge in [0.2, 0.25) is 0 Å². The van der Waals surface area contributed by atoms with E-state index in [1.165, 1.54) is 16.8 Å². The molecule has 4 atom stereocenters. The highest BCUT2D eigenvalue weighted by Crippen LogP contribution is 2.53. The molecule has 3 rings (SSSR count). The number of fused-ring (bicyclic) bond motifs is 1. The third-order valence-electron chi connectivity index (χ3n) is 10.1. The van der Waals surface area contributed by atoms with E-state index in [1.54, 1.807) is 0 Å². The van der Waals surface area contributed by atoms with Crippen molar-refractivity contribution in [3.63, 3.8) is 0 Å². The fraction of sp³-hybridized carbons (Fsp3) is 0.871. The monoisotopic (exact) mass is 596 g/mol. The lowest BCUT2D eigenvalue weighted by Crippen LogP contribution is -2.64. The Balaban J connectivity index is 2.33. The van der Waals surface area contributed by atoms with Gasteiger partial charge < -0.3 is 23.7 Å². The van der Waals surface area contributed by atoms with Crippen LogP contribution in [0.2, 0.25) is 18.1 Å². The standard InChI is InChI=1S/C31H56N2O7Si/c1-19(2)30(20(3)4)37-17-23-16-29(18-34,33-15-14-24(35)32-27(33)36)26(39-41(12,13)28(9,10)11)25(23)38-31(40-30,21(5)6)22(7)8/h14-15,19-23,25-26,34H,16-18H2,1-13H3,(H,32,35,36)/t23-,25-,26-,29+/m1/s1. The summed E-state index contributed by atoms with van der Waals surface area (Å²) in [6.07, 6.45) is 0.604. The number of hydrogen-bond acceptors (Lipinski definition) is 7. The Labute approximate surface area is 247 Å². The van der Waals surface area contributed by atoms with E-state index in [0.29, 0.717) is 13.0 Å². The largest absolute Gasteiger partial charge is 0.409 e. The lowest BCUT2D eigenvalue weighted by atomic mass is 9.85. The molecule has 2 fully saturated rings. The second-order valence-corrected chi connectivity index (χ2v) is 19.8. The minimum atomic E-state index is -2.47. The summed E-state index contributed by atoms with van der Waals surface area (Å²) >= 11 is 0. The molecule has 0 amide bonds. The van der Waals surface area contributed by atoms with Crippen LogP contribution in [0.3, 0.4) is 0 Å². The summed E-state index contributed by atoms with van der Waals surface area (Å²) < 4.78 is 29.9. The molecule has 1 aromatic rings. The molecule has 0 radical (unpaired) electrons. The maximum atomic E-state index is 13.3. The first-order chi connectivity index (χ1) is 18.7. The van der Waals surface area contributed by atoms with Crippen molar-refractivity contribution in [2.24, 2.45) is 29.6 Å². The Morgan fingerprint density at radius 1 is 1.02 bits per heavy atom. The number of nitrogens with one attached hydrogen (secondary N) is 1. The zero-order valence-electron chi connectivity index (χ0n) is 27.7. The van der Waals surface area contributed by atoms with Crippen molar-refractivity contribution in [2.75, 3.05) is 13.2 Å². The molecule has 1 aliphatic carbocycles. The van der Waals surface area contributed by atoms with Crippen LogP contribution < -0.4 is 11.2 Å². The minimum absolute atomic E-state index is 0.0321. The van der Waals surface area contributed by atoms with E-state index in [1.807, 2.05) is 0 Å². The molecular formula is C31H56N2O7Si. The molecule has 0 aromatic carbocycles. The molecule has 0 unspecified atom stereocenters. The van der Waals surface area contributed by atoms with Crippen molar-refractivity contribution in [3.8, 4) is 0 Å². The van der Waals surface area contributed by atoms with Crippen LogP contribution in [0.15, 0.2) is 21.9 Å². The number of aliphatic hydroxyl groups is 1. The van der Waals surface area contributed by atoms with E-state index >= 15 is 0 Å². The summed E-state index contributed by atoms with van der Waals surface area (Å²) in [4.78, 5) is 27.8. The topological polar surface area (TPSA) is 112 Å². The molecule has 9 nitrogen and oxygen atoms in total. The van der Waals surface area contributed by atoms with Gasteiger partial charge in [0.15, 0.2) is 19.9 Å². The summed E-state index contributed by atoms with van der Waals surface area (Å²) in [7, 11) is -2.47. The molecule has 1 saturated heterocycles. The number of aromatic amines is 1. The first kappa shape index (κ1) is 34.2. The lowest BCUT2D eigenvalue weighted by molar-refractivity contribution is -0.437. The number of aromatic nitrogens is 2. The van der Waals surface area contributed by atoms with Gasteiger partial charge in [0, 0.05) is 41.9 Å².